The van der Waals surface area contributed by atoms with E-state index < -0.39 is 6.10 Å². The van der Waals surface area contributed by atoms with Crippen LogP contribution in [-0.2, 0) is 4.74 Å². The summed E-state index contributed by atoms with van der Waals surface area (Å²) in [6.45, 7) is 3.19. The lowest BCUT2D eigenvalue weighted by Crippen LogP contribution is -2.05. The average molecular weight is 224 g/mol. The molecular formula is C13H20O3. The second-order valence-electron chi connectivity index (χ2n) is 3.74. The molecule has 0 spiro atoms. The minimum atomic E-state index is -0.560. The fourth-order valence-corrected chi connectivity index (χ4v) is 1.37. The summed E-state index contributed by atoms with van der Waals surface area (Å²) in [5, 5.41) is 9.66. The van der Waals surface area contributed by atoms with Crippen LogP contribution in [0.15, 0.2) is 24.3 Å². The third-order valence-corrected chi connectivity index (χ3v) is 2.36. The summed E-state index contributed by atoms with van der Waals surface area (Å²) in [6.07, 6.45) is 1.63. The van der Waals surface area contributed by atoms with Gasteiger partial charge in [0.2, 0.25) is 0 Å². The Balaban J connectivity index is 2.47. The first-order valence-corrected chi connectivity index (χ1v) is 5.67. The van der Waals surface area contributed by atoms with Gasteiger partial charge in [-0.2, -0.15) is 0 Å². The lowest BCUT2D eigenvalue weighted by atomic mass is 10.1. The van der Waals surface area contributed by atoms with E-state index in [2.05, 4.69) is 6.92 Å². The average Bonchev–Trinajstić information content (AvgIpc) is 2.30. The van der Waals surface area contributed by atoms with Gasteiger partial charge in [0.15, 0.2) is 0 Å². The molecule has 1 atom stereocenters. The van der Waals surface area contributed by atoms with Crippen LogP contribution in [-0.4, -0.2) is 25.4 Å². The fraction of sp³-hybridized carbons (Fsp3) is 0.538. The van der Waals surface area contributed by atoms with Crippen LogP contribution in [0.2, 0.25) is 0 Å². The number of hydrogen-bond acceptors (Lipinski definition) is 3. The molecule has 0 saturated carbocycles. The van der Waals surface area contributed by atoms with Gasteiger partial charge >= 0.3 is 0 Å². The second kappa shape index (κ2) is 7.25. The molecule has 0 saturated heterocycles. The van der Waals surface area contributed by atoms with E-state index in [0.717, 1.165) is 30.8 Å². The van der Waals surface area contributed by atoms with Gasteiger partial charge in [-0.1, -0.05) is 25.5 Å². The van der Waals surface area contributed by atoms with Crippen LogP contribution in [0.1, 0.15) is 31.4 Å². The Kier molecular flexibility index (Phi) is 5.90. The highest BCUT2D eigenvalue weighted by Crippen LogP contribution is 2.18. The number of rotatable bonds is 7. The highest BCUT2D eigenvalue weighted by atomic mass is 16.5. The van der Waals surface area contributed by atoms with E-state index in [1.807, 2.05) is 24.3 Å². The molecule has 16 heavy (non-hydrogen) atoms. The molecule has 1 unspecified atom stereocenters. The first kappa shape index (κ1) is 13.0. The summed E-state index contributed by atoms with van der Waals surface area (Å²) < 4.78 is 10.4. The fourth-order valence-electron chi connectivity index (χ4n) is 1.37. The van der Waals surface area contributed by atoms with Gasteiger partial charge in [0.25, 0.3) is 0 Å². The van der Waals surface area contributed by atoms with E-state index in [4.69, 9.17) is 9.47 Å². The minimum Gasteiger partial charge on any atom is -0.494 e. The van der Waals surface area contributed by atoms with Gasteiger partial charge in [-0.15, -0.1) is 0 Å². The standard InChI is InChI=1S/C13H20O3/c1-3-4-9-16-12-7-5-11(6-8-12)13(14)10-15-2/h5-8,13-14H,3-4,9-10H2,1-2H3. The third kappa shape index (κ3) is 4.21. The number of benzene rings is 1. The largest absolute Gasteiger partial charge is 0.494 e. The Morgan fingerprint density at radius 1 is 1.25 bits per heavy atom. The van der Waals surface area contributed by atoms with Crippen molar-refractivity contribution in [1.82, 2.24) is 0 Å². The van der Waals surface area contributed by atoms with Crippen molar-refractivity contribution in [3.05, 3.63) is 29.8 Å². The summed E-state index contributed by atoms with van der Waals surface area (Å²) in [4.78, 5) is 0. The molecular weight excluding hydrogens is 204 g/mol. The maximum Gasteiger partial charge on any atom is 0.119 e. The molecule has 1 aromatic carbocycles. The van der Waals surface area contributed by atoms with Crippen LogP contribution in [0.3, 0.4) is 0 Å². The Morgan fingerprint density at radius 2 is 1.94 bits per heavy atom. The number of hydrogen-bond donors (Lipinski definition) is 1. The zero-order valence-corrected chi connectivity index (χ0v) is 9.98. The summed E-state index contributed by atoms with van der Waals surface area (Å²) in [5.41, 5.74) is 0.852. The van der Waals surface area contributed by atoms with Gasteiger partial charge in [-0.05, 0) is 24.1 Å². The number of aliphatic hydroxyl groups is 1. The van der Waals surface area contributed by atoms with Gasteiger partial charge in [0.1, 0.15) is 11.9 Å². The molecule has 0 radical (unpaired) electrons. The molecule has 0 heterocycles. The van der Waals surface area contributed by atoms with E-state index in [-0.39, 0.29) is 0 Å². The number of unbranched alkanes of at least 4 members (excludes halogenated alkanes) is 1. The van der Waals surface area contributed by atoms with Crippen molar-refractivity contribution in [2.24, 2.45) is 0 Å². The quantitative estimate of drug-likeness (QED) is 0.723. The van der Waals surface area contributed by atoms with Gasteiger partial charge in [-0.25, -0.2) is 0 Å². The first-order chi connectivity index (χ1) is 7.77. The van der Waals surface area contributed by atoms with Crippen molar-refractivity contribution in [2.45, 2.75) is 25.9 Å². The lowest BCUT2D eigenvalue weighted by Gasteiger charge is -2.11. The maximum atomic E-state index is 9.66. The van der Waals surface area contributed by atoms with Crippen LogP contribution >= 0.6 is 0 Å². The lowest BCUT2D eigenvalue weighted by molar-refractivity contribution is 0.0643. The number of methoxy groups -OCH3 is 1. The molecule has 3 nitrogen and oxygen atoms in total. The zero-order chi connectivity index (χ0) is 11.8. The highest BCUT2D eigenvalue weighted by molar-refractivity contribution is 5.28. The van der Waals surface area contributed by atoms with Crippen molar-refractivity contribution in [1.29, 1.82) is 0 Å². The van der Waals surface area contributed by atoms with E-state index in [0.29, 0.717) is 6.61 Å². The van der Waals surface area contributed by atoms with E-state index >= 15 is 0 Å². The Bertz CT molecular complexity index is 282. The molecule has 0 aliphatic heterocycles. The highest BCUT2D eigenvalue weighted by Gasteiger charge is 2.06. The monoisotopic (exact) mass is 224 g/mol. The van der Waals surface area contributed by atoms with Gasteiger partial charge in [0, 0.05) is 7.11 Å². The smallest absolute Gasteiger partial charge is 0.119 e. The summed E-state index contributed by atoms with van der Waals surface area (Å²) >= 11 is 0. The molecule has 0 bridgehead atoms. The normalized spacial score (nSPS) is 12.4. The summed E-state index contributed by atoms with van der Waals surface area (Å²) in [7, 11) is 1.57. The summed E-state index contributed by atoms with van der Waals surface area (Å²) in [5.74, 6) is 0.849. The van der Waals surface area contributed by atoms with Crippen LogP contribution in [0, 0.1) is 0 Å². The molecule has 90 valence electrons. The SMILES string of the molecule is CCCCOc1ccc(C(O)COC)cc1. The van der Waals surface area contributed by atoms with E-state index in [9.17, 15) is 5.11 Å². The Labute approximate surface area is 97.0 Å². The predicted octanol–water partition coefficient (Wildman–Crippen LogP) is 2.55. The number of aliphatic hydroxyl groups excluding tert-OH is 1. The molecule has 0 aliphatic carbocycles. The van der Waals surface area contributed by atoms with Crippen LogP contribution in [0.25, 0.3) is 0 Å². The van der Waals surface area contributed by atoms with Crippen molar-refractivity contribution >= 4 is 0 Å². The van der Waals surface area contributed by atoms with E-state index in [1.54, 1.807) is 7.11 Å². The Hall–Kier alpha value is -1.06. The van der Waals surface area contributed by atoms with E-state index in [1.165, 1.54) is 0 Å². The molecule has 1 N–H and O–H groups in total. The van der Waals surface area contributed by atoms with Gasteiger partial charge in [-0.3, -0.25) is 0 Å². The second-order valence-corrected chi connectivity index (χ2v) is 3.74. The zero-order valence-electron chi connectivity index (χ0n) is 9.98. The third-order valence-electron chi connectivity index (χ3n) is 2.36. The molecule has 3 heteroatoms. The van der Waals surface area contributed by atoms with Gasteiger partial charge < -0.3 is 14.6 Å². The molecule has 0 amide bonds. The van der Waals surface area contributed by atoms with Crippen molar-refractivity contribution in [2.75, 3.05) is 20.3 Å². The molecule has 1 aromatic rings. The minimum absolute atomic E-state index is 0.316. The molecule has 0 aromatic heterocycles. The van der Waals surface area contributed by atoms with Crippen molar-refractivity contribution < 1.29 is 14.6 Å². The topological polar surface area (TPSA) is 38.7 Å². The molecule has 1 rings (SSSR count). The van der Waals surface area contributed by atoms with Crippen LogP contribution in [0.5, 0.6) is 5.75 Å². The molecule has 0 fully saturated rings. The van der Waals surface area contributed by atoms with Gasteiger partial charge in [0.05, 0.1) is 13.2 Å². The summed E-state index contributed by atoms with van der Waals surface area (Å²) in [6, 6.07) is 7.49. The molecule has 0 aliphatic rings. The van der Waals surface area contributed by atoms with Crippen LogP contribution < -0.4 is 4.74 Å². The maximum absolute atomic E-state index is 9.66. The Morgan fingerprint density at radius 3 is 2.50 bits per heavy atom. The van der Waals surface area contributed by atoms with Crippen LogP contribution in [0.4, 0.5) is 0 Å². The van der Waals surface area contributed by atoms with Crippen molar-refractivity contribution in [3.8, 4) is 5.75 Å². The predicted molar refractivity (Wildman–Crippen MR) is 63.7 cm³/mol. The first-order valence-electron chi connectivity index (χ1n) is 5.67. The van der Waals surface area contributed by atoms with Crippen molar-refractivity contribution in [3.63, 3.8) is 0 Å². The number of ether oxygens (including phenoxy) is 2.